The van der Waals surface area contributed by atoms with Crippen molar-refractivity contribution < 1.29 is 0 Å². The summed E-state index contributed by atoms with van der Waals surface area (Å²) in [5.74, 6) is 1.61. The molecule has 6 aromatic carbocycles. The van der Waals surface area contributed by atoms with Gasteiger partial charge in [-0.2, -0.15) is 0 Å². The van der Waals surface area contributed by atoms with Gasteiger partial charge in [0.05, 0.1) is 15.7 Å². The van der Waals surface area contributed by atoms with Crippen molar-refractivity contribution in [1.82, 2.24) is 9.88 Å². The molecule has 0 aliphatic carbocycles. The van der Waals surface area contributed by atoms with Crippen LogP contribution in [0.5, 0.6) is 0 Å². The fourth-order valence-corrected chi connectivity index (χ4v) is 7.67. The van der Waals surface area contributed by atoms with E-state index >= 15 is 0 Å². The highest BCUT2D eigenvalue weighted by Gasteiger charge is 2.25. The van der Waals surface area contributed by atoms with Crippen LogP contribution in [0.3, 0.4) is 0 Å². The van der Waals surface area contributed by atoms with Crippen molar-refractivity contribution in [3.63, 3.8) is 0 Å². The van der Waals surface area contributed by atoms with Gasteiger partial charge in [0.1, 0.15) is 11.7 Å². The Hall–Kier alpha value is -5.52. The first-order chi connectivity index (χ1) is 21.8. The van der Waals surface area contributed by atoms with Gasteiger partial charge in [-0.05, 0) is 29.3 Å². The summed E-state index contributed by atoms with van der Waals surface area (Å²) in [6.07, 6.45) is -0.500. The summed E-state index contributed by atoms with van der Waals surface area (Å²) < 4.78 is 4.89. The molecule has 0 amide bonds. The first-order valence-corrected chi connectivity index (χ1v) is 15.6. The van der Waals surface area contributed by atoms with Gasteiger partial charge in [-0.25, -0.2) is 9.98 Å². The lowest BCUT2D eigenvalue weighted by Gasteiger charge is -2.24. The highest BCUT2D eigenvalue weighted by atomic mass is 32.1. The molecule has 0 saturated carbocycles. The smallest absolute Gasteiger partial charge is 0.225 e. The second-order valence-electron chi connectivity index (χ2n) is 11.1. The minimum Gasteiger partial charge on any atom is -0.324 e. The molecule has 2 aromatic heterocycles. The molecule has 0 fully saturated rings. The van der Waals surface area contributed by atoms with Crippen LogP contribution in [0, 0.1) is 0 Å². The zero-order chi connectivity index (χ0) is 29.0. The van der Waals surface area contributed by atoms with E-state index in [4.69, 9.17) is 9.98 Å². The fourth-order valence-electron chi connectivity index (χ4n) is 6.42. The molecular formula is C39H26N4S. The Balaban J connectivity index is 1.32. The van der Waals surface area contributed by atoms with Gasteiger partial charge in [-0.1, -0.05) is 127 Å². The van der Waals surface area contributed by atoms with Crippen LogP contribution < -0.4 is 5.32 Å². The Labute approximate surface area is 258 Å². The maximum absolute atomic E-state index is 5.35. The zero-order valence-electron chi connectivity index (χ0n) is 23.7. The van der Waals surface area contributed by atoms with Gasteiger partial charge >= 0.3 is 0 Å². The fraction of sp³-hybridized carbons (Fsp3) is 0.0256. The number of amidine groups is 2. The van der Waals surface area contributed by atoms with Gasteiger partial charge in [0.2, 0.25) is 6.29 Å². The van der Waals surface area contributed by atoms with E-state index in [9.17, 15) is 0 Å². The highest BCUT2D eigenvalue weighted by Crippen LogP contribution is 2.43. The normalized spacial score (nSPS) is 15.0. The van der Waals surface area contributed by atoms with Crippen molar-refractivity contribution in [2.24, 2.45) is 9.98 Å². The molecule has 1 unspecified atom stereocenters. The minimum atomic E-state index is -0.500. The van der Waals surface area contributed by atoms with Crippen LogP contribution in [0.15, 0.2) is 156 Å². The van der Waals surface area contributed by atoms with Crippen LogP contribution in [0.1, 0.15) is 17.4 Å². The third kappa shape index (κ3) is 3.98. The second kappa shape index (κ2) is 10.0. The summed E-state index contributed by atoms with van der Waals surface area (Å²) in [5.41, 5.74) is 6.67. The SMILES string of the molecule is c1ccc(C2=NC(n3c4ccccc4c4ccc5c6ccccc6sc5c43)N=C(c3cccc(-c4ccccc4)c3)N2)cc1. The summed E-state index contributed by atoms with van der Waals surface area (Å²) in [7, 11) is 0. The van der Waals surface area contributed by atoms with Crippen molar-refractivity contribution in [3.05, 3.63) is 157 Å². The molecule has 5 heteroatoms. The summed E-state index contributed by atoms with van der Waals surface area (Å²) >= 11 is 1.85. The van der Waals surface area contributed by atoms with Gasteiger partial charge in [0.15, 0.2) is 0 Å². The van der Waals surface area contributed by atoms with Gasteiger partial charge in [0.25, 0.3) is 0 Å². The third-order valence-electron chi connectivity index (χ3n) is 8.46. The van der Waals surface area contributed by atoms with Crippen LogP contribution in [0.2, 0.25) is 0 Å². The van der Waals surface area contributed by atoms with Crippen LogP contribution in [0.4, 0.5) is 0 Å². The minimum absolute atomic E-state index is 0.500. The van der Waals surface area contributed by atoms with Crippen LogP contribution in [-0.2, 0) is 0 Å². The van der Waals surface area contributed by atoms with Crippen LogP contribution >= 0.6 is 11.3 Å². The molecule has 4 nitrogen and oxygen atoms in total. The summed E-state index contributed by atoms with van der Waals surface area (Å²) in [5, 5.41) is 8.58. The van der Waals surface area contributed by atoms with E-state index in [1.54, 1.807) is 0 Å². The Morgan fingerprint density at radius 1 is 0.500 bits per heavy atom. The summed E-state index contributed by atoms with van der Waals surface area (Å²) in [6.45, 7) is 0. The van der Waals surface area contributed by atoms with E-state index in [2.05, 4.69) is 143 Å². The maximum atomic E-state index is 5.35. The van der Waals surface area contributed by atoms with Crippen molar-refractivity contribution in [2.45, 2.75) is 6.29 Å². The number of hydrogen-bond acceptors (Lipinski definition) is 4. The first-order valence-electron chi connectivity index (χ1n) is 14.8. The van der Waals surface area contributed by atoms with Gasteiger partial charge in [-0.3, -0.25) is 4.57 Å². The van der Waals surface area contributed by atoms with E-state index in [0.717, 1.165) is 33.9 Å². The van der Waals surface area contributed by atoms with E-state index in [1.165, 1.54) is 42.0 Å². The highest BCUT2D eigenvalue weighted by molar-refractivity contribution is 7.26. The molecule has 0 spiro atoms. The predicted octanol–water partition coefficient (Wildman–Crippen LogP) is 9.78. The number of rotatable bonds is 4. The monoisotopic (exact) mass is 582 g/mol. The van der Waals surface area contributed by atoms with E-state index in [-0.39, 0.29) is 0 Å². The third-order valence-corrected chi connectivity index (χ3v) is 9.66. The zero-order valence-corrected chi connectivity index (χ0v) is 24.5. The Kier molecular flexibility index (Phi) is 5.71. The van der Waals surface area contributed by atoms with Crippen LogP contribution in [-0.4, -0.2) is 16.2 Å². The van der Waals surface area contributed by atoms with Gasteiger partial charge in [-0.15, -0.1) is 11.3 Å². The van der Waals surface area contributed by atoms with Gasteiger partial charge in [0, 0.05) is 37.4 Å². The molecule has 1 atom stereocenters. The molecule has 0 saturated heterocycles. The number of nitrogens with zero attached hydrogens (tertiary/aromatic N) is 3. The molecule has 208 valence electrons. The molecule has 44 heavy (non-hydrogen) atoms. The number of aliphatic imine (C=N–C) groups is 2. The van der Waals surface area contributed by atoms with Crippen molar-refractivity contribution in [1.29, 1.82) is 0 Å². The summed E-state index contributed by atoms with van der Waals surface area (Å²) in [6, 6.07) is 51.3. The molecule has 0 radical (unpaired) electrons. The number of para-hydroxylation sites is 1. The summed E-state index contributed by atoms with van der Waals surface area (Å²) in [4.78, 5) is 10.6. The predicted molar refractivity (Wildman–Crippen MR) is 186 cm³/mol. The molecule has 9 rings (SSSR count). The maximum Gasteiger partial charge on any atom is 0.225 e. The lowest BCUT2D eigenvalue weighted by molar-refractivity contribution is 0.576. The number of thiophene rings is 1. The molecule has 1 aliphatic rings. The molecule has 0 bridgehead atoms. The first kappa shape index (κ1) is 25.0. The molecule has 3 heterocycles. The quantitative estimate of drug-likeness (QED) is 0.220. The van der Waals surface area contributed by atoms with E-state index in [1.807, 2.05) is 23.5 Å². The average molecular weight is 583 g/mol. The number of fused-ring (bicyclic) bond motifs is 7. The lowest BCUT2D eigenvalue weighted by Crippen LogP contribution is -2.36. The number of nitrogens with one attached hydrogen (secondary N) is 1. The largest absolute Gasteiger partial charge is 0.324 e. The van der Waals surface area contributed by atoms with Crippen molar-refractivity contribution in [3.8, 4) is 11.1 Å². The van der Waals surface area contributed by atoms with E-state index in [0.29, 0.717) is 0 Å². The average Bonchev–Trinajstić information content (AvgIpc) is 3.65. The molecule has 1 N–H and O–H groups in total. The Bertz CT molecular complexity index is 2420. The number of benzene rings is 6. The van der Waals surface area contributed by atoms with Crippen molar-refractivity contribution >= 4 is 65.0 Å². The standard InChI is InChI=1S/C39H26N4S/c1-3-12-25(13-4-1)27-16-11-17-28(24-27)38-40-37(26-14-5-2-6-15-26)41-39(42-38)43-33-20-9-7-18-29(33)31-22-23-32-30-19-8-10-21-34(30)44-36(32)35(31)43/h1-24,39H,(H,40,41,42). The topological polar surface area (TPSA) is 41.7 Å². The van der Waals surface area contributed by atoms with Gasteiger partial charge < -0.3 is 5.32 Å². The van der Waals surface area contributed by atoms with Crippen LogP contribution in [0.25, 0.3) is 53.1 Å². The Morgan fingerprint density at radius 3 is 1.93 bits per heavy atom. The van der Waals surface area contributed by atoms with E-state index < -0.39 is 6.29 Å². The molecule has 1 aliphatic heterocycles. The molecule has 8 aromatic rings. The van der Waals surface area contributed by atoms with Crippen molar-refractivity contribution in [2.75, 3.05) is 0 Å². The number of aromatic nitrogens is 1. The lowest BCUT2D eigenvalue weighted by atomic mass is 10.0. The number of hydrogen-bond donors (Lipinski definition) is 1. The Morgan fingerprint density at radius 2 is 1.11 bits per heavy atom. The second-order valence-corrected chi connectivity index (χ2v) is 12.1. The molecular weight excluding hydrogens is 557 g/mol.